The maximum Gasteiger partial charge on any atom is 0.327 e. The molecule has 0 aromatic carbocycles. The molecule has 17 heavy (non-hydrogen) atoms. The lowest BCUT2D eigenvalue weighted by Gasteiger charge is -2.37. The van der Waals surface area contributed by atoms with Gasteiger partial charge in [-0.2, -0.15) is 0 Å². The molecule has 4 heteroatoms. The van der Waals surface area contributed by atoms with Gasteiger partial charge in [0.2, 0.25) is 0 Å². The molecule has 0 saturated heterocycles. The molecule has 0 aromatic rings. The second-order valence-corrected chi connectivity index (χ2v) is 7.67. The Morgan fingerprint density at radius 3 is 2.53 bits per heavy atom. The molecule has 0 aromatic heterocycles. The molecule has 1 aliphatic carbocycles. The van der Waals surface area contributed by atoms with Crippen molar-refractivity contribution in [3.05, 3.63) is 0 Å². The summed E-state index contributed by atoms with van der Waals surface area (Å²) >= 11 is 0. The van der Waals surface area contributed by atoms with Crippen LogP contribution in [0.25, 0.3) is 0 Å². The average Bonchev–Trinajstić information content (AvgIpc) is 2.15. The Balaban J connectivity index is 2.66. The van der Waals surface area contributed by atoms with E-state index in [1.54, 1.807) is 6.66 Å². The molecule has 0 bridgehead atoms. The van der Waals surface area contributed by atoms with Crippen LogP contribution >= 0.6 is 7.60 Å². The fourth-order valence-electron chi connectivity index (χ4n) is 2.75. The molecule has 1 fully saturated rings. The van der Waals surface area contributed by atoms with Gasteiger partial charge in [0.05, 0.1) is 12.7 Å². The Bertz CT molecular complexity index is 278. The largest absolute Gasteiger partial charge is 0.327 e. The van der Waals surface area contributed by atoms with E-state index < -0.39 is 7.60 Å². The average molecular weight is 262 g/mol. The maximum atomic E-state index is 12.1. The Hall–Kier alpha value is 0.150. The van der Waals surface area contributed by atoms with E-state index >= 15 is 0 Å². The highest BCUT2D eigenvalue weighted by Gasteiger charge is 2.35. The lowest BCUT2D eigenvalue weighted by molar-refractivity contribution is 0.0334. The lowest BCUT2D eigenvalue weighted by Crippen LogP contribution is -2.33. The van der Waals surface area contributed by atoms with Gasteiger partial charge in [-0.3, -0.25) is 4.57 Å². The first-order chi connectivity index (χ1) is 7.85. The Labute approximate surface area is 106 Å². The topological polar surface area (TPSA) is 35.5 Å². The fraction of sp³-hybridized carbons (Fsp3) is 1.00. The van der Waals surface area contributed by atoms with E-state index in [1.165, 1.54) is 12.8 Å². The molecule has 0 amide bonds. The van der Waals surface area contributed by atoms with Gasteiger partial charge in [0, 0.05) is 6.66 Å². The molecular weight excluding hydrogens is 235 g/mol. The van der Waals surface area contributed by atoms with E-state index in [9.17, 15) is 4.57 Å². The van der Waals surface area contributed by atoms with Gasteiger partial charge >= 0.3 is 7.60 Å². The van der Waals surface area contributed by atoms with Gasteiger partial charge in [0.1, 0.15) is 0 Å². The maximum absolute atomic E-state index is 12.1. The molecule has 0 heterocycles. The Morgan fingerprint density at radius 2 is 2.00 bits per heavy atom. The normalized spacial score (nSPS) is 33.6. The summed E-state index contributed by atoms with van der Waals surface area (Å²) in [4.78, 5) is 0. The first-order valence-electron chi connectivity index (χ1n) is 6.76. The highest BCUT2D eigenvalue weighted by molar-refractivity contribution is 7.53. The molecule has 0 radical (unpaired) electrons. The van der Waals surface area contributed by atoms with E-state index in [2.05, 4.69) is 20.8 Å². The van der Waals surface area contributed by atoms with Crippen LogP contribution in [-0.2, 0) is 13.6 Å². The van der Waals surface area contributed by atoms with Gasteiger partial charge in [0.15, 0.2) is 0 Å². The van der Waals surface area contributed by atoms with Gasteiger partial charge in [-0.1, -0.05) is 27.2 Å². The second kappa shape index (κ2) is 6.36. The van der Waals surface area contributed by atoms with Crippen molar-refractivity contribution in [1.82, 2.24) is 0 Å². The van der Waals surface area contributed by atoms with Crippen molar-refractivity contribution in [2.24, 2.45) is 17.8 Å². The highest BCUT2D eigenvalue weighted by Crippen LogP contribution is 2.49. The summed E-state index contributed by atoms with van der Waals surface area (Å²) in [5.74, 6) is 1.76. The van der Waals surface area contributed by atoms with Crippen molar-refractivity contribution in [3.63, 3.8) is 0 Å². The molecule has 1 saturated carbocycles. The first kappa shape index (κ1) is 15.2. The van der Waals surface area contributed by atoms with Crippen LogP contribution < -0.4 is 0 Å². The molecule has 0 N–H and O–H groups in total. The second-order valence-electron chi connectivity index (χ2n) is 5.66. The molecule has 1 rings (SSSR count). The van der Waals surface area contributed by atoms with Gasteiger partial charge in [0.25, 0.3) is 0 Å². The van der Waals surface area contributed by atoms with Crippen LogP contribution in [0.3, 0.4) is 0 Å². The lowest BCUT2D eigenvalue weighted by atomic mass is 9.75. The van der Waals surface area contributed by atoms with E-state index in [4.69, 9.17) is 9.05 Å². The summed E-state index contributed by atoms with van der Waals surface area (Å²) in [7, 11) is -2.86. The van der Waals surface area contributed by atoms with Crippen LogP contribution in [0.15, 0.2) is 0 Å². The predicted octanol–water partition coefficient (Wildman–Crippen LogP) is 4.32. The van der Waals surface area contributed by atoms with Crippen molar-refractivity contribution in [2.75, 3.05) is 13.3 Å². The van der Waals surface area contributed by atoms with Gasteiger partial charge in [-0.05, 0) is 37.5 Å². The zero-order chi connectivity index (χ0) is 13.1. The van der Waals surface area contributed by atoms with Crippen LogP contribution in [0.5, 0.6) is 0 Å². The zero-order valence-electron chi connectivity index (χ0n) is 11.8. The monoisotopic (exact) mass is 262 g/mol. The number of hydrogen-bond acceptors (Lipinski definition) is 3. The summed E-state index contributed by atoms with van der Waals surface area (Å²) < 4.78 is 23.1. The minimum atomic E-state index is -2.86. The number of hydrogen-bond donors (Lipinski definition) is 0. The first-order valence-corrected chi connectivity index (χ1v) is 8.75. The summed E-state index contributed by atoms with van der Waals surface area (Å²) in [5, 5.41) is 0. The minimum Gasteiger partial charge on any atom is -0.309 e. The molecule has 4 atom stereocenters. The Morgan fingerprint density at radius 1 is 1.35 bits per heavy atom. The summed E-state index contributed by atoms with van der Waals surface area (Å²) in [6.45, 7) is 10.6. The van der Waals surface area contributed by atoms with Crippen molar-refractivity contribution in [3.8, 4) is 0 Å². The third-order valence-corrected chi connectivity index (χ3v) is 5.03. The summed E-state index contributed by atoms with van der Waals surface area (Å²) in [5.41, 5.74) is 0. The standard InChI is InChI=1S/C13H27O3P/c1-6-15-17(5,14)16-13-9-11(4)7-8-12(13)10(2)3/h10-13H,6-9H2,1-5H3. The SMILES string of the molecule is CCOP(C)(=O)OC1CC(C)CCC1C(C)C. The molecule has 0 spiro atoms. The van der Waals surface area contributed by atoms with E-state index in [0.717, 1.165) is 6.42 Å². The van der Waals surface area contributed by atoms with Gasteiger partial charge in [-0.15, -0.1) is 0 Å². The van der Waals surface area contributed by atoms with E-state index in [-0.39, 0.29) is 6.10 Å². The molecule has 1 aliphatic rings. The predicted molar refractivity (Wildman–Crippen MR) is 71.4 cm³/mol. The molecule has 0 aliphatic heterocycles. The molecular formula is C13H27O3P. The minimum absolute atomic E-state index is 0.0983. The zero-order valence-corrected chi connectivity index (χ0v) is 12.7. The van der Waals surface area contributed by atoms with Crippen molar-refractivity contribution < 1.29 is 13.6 Å². The Kier molecular flexibility index (Phi) is 5.69. The third-order valence-electron chi connectivity index (χ3n) is 3.65. The molecule has 4 unspecified atom stereocenters. The smallest absolute Gasteiger partial charge is 0.309 e. The fourth-order valence-corrected chi connectivity index (χ4v) is 4.01. The quantitative estimate of drug-likeness (QED) is 0.692. The van der Waals surface area contributed by atoms with Crippen molar-refractivity contribution in [2.45, 2.75) is 53.1 Å². The van der Waals surface area contributed by atoms with Crippen LogP contribution in [-0.4, -0.2) is 19.4 Å². The summed E-state index contributed by atoms with van der Waals surface area (Å²) in [6.07, 6.45) is 3.54. The van der Waals surface area contributed by atoms with Crippen LogP contribution in [0, 0.1) is 17.8 Å². The summed E-state index contributed by atoms with van der Waals surface area (Å²) in [6, 6.07) is 0. The molecule has 3 nitrogen and oxygen atoms in total. The van der Waals surface area contributed by atoms with Crippen molar-refractivity contribution >= 4 is 7.60 Å². The van der Waals surface area contributed by atoms with Crippen LogP contribution in [0.2, 0.25) is 0 Å². The number of rotatable bonds is 5. The molecule has 102 valence electrons. The van der Waals surface area contributed by atoms with E-state index in [0.29, 0.717) is 24.4 Å². The highest BCUT2D eigenvalue weighted by atomic mass is 31.2. The van der Waals surface area contributed by atoms with Crippen molar-refractivity contribution in [1.29, 1.82) is 0 Å². The van der Waals surface area contributed by atoms with Gasteiger partial charge < -0.3 is 9.05 Å². The van der Waals surface area contributed by atoms with Crippen LogP contribution in [0.4, 0.5) is 0 Å². The van der Waals surface area contributed by atoms with Gasteiger partial charge in [-0.25, -0.2) is 0 Å². The van der Waals surface area contributed by atoms with E-state index in [1.807, 2.05) is 6.92 Å². The van der Waals surface area contributed by atoms with Crippen LogP contribution in [0.1, 0.15) is 47.0 Å². The third kappa shape index (κ3) is 4.73.